The molecule has 0 saturated carbocycles. The molecule has 0 aliphatic carbocycles. The number of aromatic amines is 1. The van der Waals surface area contributed by atoms with Crippen LogP contribution in [-0.4, -0.2) is 52.7 Å². The first-order valence-electron chi connectivity index (χ1n) is 7.06. The molecule has 11 heteroatoms. The molecule has 2 aromatic heterocycles. The van der Waals surface area contributed by atoms with Crippen molar-refractivity contribution in [2.24, 2.45) is 4.99 Å². The standard InChI is InChI=1S/C14H16N4O5S2/c1-22-4-3-18-12(21)9(11(20)17-14(18)24)6-15-13-16-8(7-25-13)5-10(19)23-2/h6-7,21H,3-5H2,1-2H3,(H,17,20,24). The van der Waals surface area contributed by atoms with E-state index in [4.69, 9.17) is 17.0 Å². The van der Waals surface area contributed by atoms with E-state index in [-0.39, 0.29) is 29.2 Å². The van der Waals surface area contributed by atoms with Crippen molar-refractivity contribution in [1.82, 2.24) is 14.5 Å². The molecule has 9 nitrogen and oxygen atoms in total. The van der Waals surface area contributed by atoms with Gasteiger partial charge in [0, 0.05) is 18.7 Å². The fourth-order valence-corrected chi connectivity index (χ4v) is 2.79. The fourth-order valence-electron chi connectivity index (χ4n) is 1.86. The van der Waals surface area contributed by atoms with Crippen LogP contribution in [0.25, 0.3) is 0 Å². The van der Waals surface area contributed by atoms with E-state index in [2.05, 4.69) is 19.7 Å². The number of carbonyl (C=O) groups is 1. The summed E-state index contributed by atoms with van der Waals surface area (Å²) >= 11 is 6.22. The number of nitrogens with zero attached hydrogens (tertiary/aromatic N) is 3. The zero-order chi connectivity index (χ0) is 18.4. The average Bonchev–Trinajstić information content (AvgIpc) is 3.01. The van der Waals surface area contributed by atoms with Gasteiger partial charge >= 0.3 is 5.97 Å². The van der Waals surface area contributed by atoms with Crippen LogP contribution in [0.15, 0.2) is 15.2 Å². The van der Waals surface area contributed by atoms with Crippen LogP contribution in [0.4, 0.5) is 5.13 Å². The van der Waals surface area contributed by atoms with Crippen LogP contribution in [0.3, 0.4) is 0 Å². The van der Waals surface area contributed by atoms with E-state index in [9.17, 15) is 14.7 Å². The number of aromatic hydroxyl groups is 1. The monoisotopic (exact) mass is 384 g/mol. The molecule has 0 atom stereocenters. The molecule has 25 heavy (non-hydrogen) atoms. The topological polar surface area (TPSA) is 119 Å². The van der Waals surface area contributed by atoms with E-state index >= 15 is 0 Å². The van der Waals surface area contributed by atoms with Crippen LogP contribution in [0, 0.1) is 4.77 Å². The van der Waals surface area contributed by atoms with Gasteiger partial charge in [-0.3, -0.25) is 19.1 Å². The number of hydrogen-bond donors (Lipinski definition) is 2. The maximum Gasteiger partial charge on any atom is 0.311 e. The summed E-state index contributed by atoms with van der Waals surface area (Å²) in [5.74, 6) is -0.712. The Hall–Kier alpha value is -2.37. The number of aliphatic imine (C=N–C) groups is 1. The third kappa shape index (κ3) is 4.81. The Morgan fingerprint density at radius 2 is 2.32 bits per heavy atom. The number of thiazole rings is 1. The van der Waals surface area contributed by atoms with Crippen molar-refractivity contribution < 1.29 is 19.4 Å². The van der Waals surface area contributed by atoms with Gasteiger partial charge in [-0.2, -0.15) is 0 Å². The van der Waals surface area contributed by atoms with Crippen LogP contribution in [0.1, 0.15) is 11.3 Å². The number of esters is 1. The molecule has 0 spiro atoms. The van der Waals surface area contributed by atoms with Crippen molar-refractivity contribution in [2.75, 3.05) is 20.8 Å². The maximum atomic E-state index is 12.0. The fraction of sp³-hybridized carbons (Fsp3) is 0.357. The molecule has 0 unspecified atom stereocenters. The Morgan fingerprint density at radius 3 is 3.00 bits per heavy atom. The van der Waals surface area contributed by atoms with Crippen molar-refractivity contribution in [1.29, 1.82) is 0 Å². The van der Waals surface area contributed by atoms with Crippen molar-refractivity contribution in [2.45, 2.75) is 13.0 Å². The lowest BCUT2D eigenvalue weighted by Crippen LogP contribution is -2.20. The highest BCUT2D eigenvalue weighted by atomic mass is 32.1. The number of H-pyrrole nitrogens is 1. The molecular formula is C14H16N4O5S2. The molecule has 2 heterocycles. The second-order valence-corrected chi connectivity index (χ2v) is 6.00. The summed E-state index contributed by atoms with van der Waals surface area (Å²) in [6.07, 6.45) is 1.24. The second-order valence-electron chi connectivity index (χ2n) is 4.77. The zero-order valence-electron chi connectivity index (χ0n) is 13.5. The summed E-state index contributed by atoms with van der Waals surface area (Å²) in [4.78, 5) is 33.9. The van der Waals surface area contributed by atoms with Crippen molar-refractivity contribution in [3.63, 3.8) is 0 Å². The van der Waals surface area contributed by atoms with Crippen molar-refractivity contribution in [3.05, 3.63) is 31.8 Å². The lowest BCUT2D eigenvalue weighted by molar-refractivity contribution is -0.139. The highest BCUT2D eigenvalue weighted by Gasteiger charge is 2.11. The molecule has 0 saturated heterocycles. The van der Waals surface area contributed by atoms with Crippen LogP contribution in [-0.2, 0) is 27.2 Å². The van der Waals surface area contributed by atoms with Crippen molar-refractivity contribution in [3.8, 4) is 5.88 Å². The molecule has 134 valence electrons. The molecule has 0 amide bonds. The summed E-state index contributed by atoms with van der Waals surface area (Å²) in [5, 5.41) is 12.3. The molecule has 2 aromatic rings. The number of rotatable bonds is 7. The first kappa shape index (κ1) is 19.0. The van der Waals surface area contributed by atoms with Crippen molar-refractivity contribution >= 4 is 40.9 Å². The predicted molar refractivity (Wildman–Crippen MR) is 94.5 cm³/mol. The lowest BCUT2D eigenvalue weighted by atomic mass is 10.3. The van der Waals surface area contributed by atoms with Gasteiger partial charge in [-0.05, 0) is 12.2 Å². The maximum absolute atomic E-state index is 12.0. The number of methoxy groups -OCH3 is 2. The van der Waals surface area contributed by atoms with E-state index in [0.717, 1.165) is 0 Å². The number of aromatic nitrogens is 3. The summed E-state index contributed by atoms with van der Waals surface area (Å²) in [6.45, 7) is 0.590. The van der Waals surface area contributed by atoms with Gasteiger partial charge < -0.3 is 14.6 Å². The van der Waals surface area contributed by atoms with Gasteiger partial charge in [-0.15, -0.1) is 11.3 Å². The lowest BCUT2D eigenvalue weighted by Gasteiger charge is -2.10. The molecule has 0 aromatic carbocycles. The van der Waals surface area contributed by atoms with E-state index in [1.54, 1.807) is 5.38 Å². The zero-order valence-corrected chi connectivity index (χ0v) is 15.1. The molecule has 0 fully saturated rings. The Balaban J connectivity index is 2.27. The van der Waals surface area contributed by atoms with Crippen LogP contribution < -0.4 is 5.56 Å². The van der Waals surface area contributed by atoms with Gasteiger partial charge in [0.05, 0.1) is 32.4 Å². The number of nitrogens with one attached hydrogen (secondary N) is 1. The molecule has 0 aliphatic rings. The van der Waals surface area contributed by atoms with E-state index in [1.807, 2.05) is 0 Å². The summed E-state index contributed by atoms with van der Waals surface area (Å²) in [5.41, 5.74) is -0.0983. The Labute approximate surface area is 151 Å². The number of hydrogen-bond acceptors (Lipinski definition) is 9. The number of carbonyl (C=O) groups excluding carboxylic acids is 1. The van der Waals surface area contributed by atoms with E-state index in [0.29, 0.717) is 17.4 Å². The molecule has 2 rings (SSSR count). The Kier molecular flexibility index (Phi) is 6.56. The minimum absolute atomic E-state index is 0.0377. The van der Waals surface area contributed by atoms with Gasteiger partial charge in [0.1, 0.15) is 5.56 Å². The average molecular weight is 384 g/mol. The molecule has 0 aliphatic heterocycles. The van der Waals surface area contributed by atoms with Gasteiger partial charge in [-0.1, -0.05) is 0 Å². The summed E-state index contributed by atoms with van der Waals surface area (Å²) in [6, 6.07) is 0. The van der Waals surface area contributed by atoms with Gasteiger partial charge in [-0.25, -0.2) is 9.98 Å². The van der Waals surface area contributed by atoms with Crippen LogP contribution in [0.2, 0.25) is 0 Å². The summed E-state index contributed by atoms with van der Waals surface area (Å²) < 4.78 is 10.9. The minimum atomic E-state index is -0.564. The number of ether oxygens (including phenoxy) is 2. The minimum Gasteiger partial charge on any atom is -0.494 e. The normalized spacial score (nSPS) is 11.1. The quantitative estimate of drug-likeness (QED) is 0.418. The Morgan fingerprint density at radius 1 is 1.56 bits per heavy atom. The SMILES string of the molecule is COCCn1c(O)c(C=Nc2nc(CC(=O)OC)cs2)c(=O)[nH]c1=S. The molecule has 0 bridgehead atoms. The first-order valence-corrected chi connectivity index (χ1v) is 8.35. The molecule has 2 N–H and O–H groups in total. The highest BCUT2D eigenvalue weighted by Crippen LogP contribution is 2.20. The first-order chi connectivity index (χ1) is 12.0. The van der Waals surface area contributed by atoms with Crippen LogP contribution in [0.5, 0.6) is 5.88 Å². The van der Waals surface area contributed by atoms with E-state index in [1.165, 1.54) is 36.3 Å². The van der Waals surface area contributed by atoms with Gasteiger partial charge in [0.25, 0.3) is 5.56 Å². The van der Waals surface area contributed by atoms with Gasteiger partial charge in [0.15, 0.2) is 4.77 Å². The highest BCUT2D eigenvalue weighted by molar-refractivity contribution is 7.71. The van der Waals surface area contributed by atoms with Crippen LogP contribution >= 0.6 is 23.6 Å². The smallest absolute Gasteiger partial charge is 0.311 e. The van der Waals surface area contributed by atoms with Gasteiger partial charge in [0.2, 0.25) is 11.0 Å². The predicted octanol–water partition coefficient (Wildman–Crippen LogP) is 1.18. The third-order valence-electron chi connectivity index (χ3n) is 3.12. The Bertz CT molecular complexity index is 899. The van der Waals surface area contributed by atoms with E-state index < -0.39 is 11.5 Å². The second kappa shape index (κ2) is 8.65. The molecular weight excluding hydrogens is 368 g/mol. The molecule has 0 radical (unpaired) electrons. The third-order valence-corrected chi connectivity index (χ3v) is 4.24. The largest absolute Gasteiger partial charge is 0.494 e. The summed E-state index contributed by atoms with van der Waals surface area (Å²) in [7, 11) is 2.81.